The van der Waals surface area contributed by atoms with Gasteiger partial charge in [0.2, 0.25) is 0 Å². The lowest BCUT2D eigenvalue weighted by Gasteiger charge is -2.20. The zero-order valence-corrected chi connectivity index (χ0v) is 15.0. The molecule has 1 aliphatic heterocycles. The van der Waals surface area contributed by atoms with Crippen molar-refractivity contribution >= 4 is 47.0 Å². The number of allylic oxidation sites excluding steroid dienone is 2. The first kappa shape index (κ1) is 19.6. The van der Waals surface area contributed by atoms with Gasteiger partial charge in [-0.2, -0.15) is 0 Å². The first-order valence-electron chi connectivity index (χ1n) is 6.44. The van der Waals surface area contributed by atoms with E-state index < -0.39 is 16.7 Å². The standard InChI is InChI=1S/C12H16Cl2N4O4S/c1-7-5-23-6-9(10(7)14)4-15-11(16-18(20)21)17(3)12(19)22-8(2)13/h5,8H,4,6H2,1-3H3,(H,15,16). The molecule has 0 aromatic heterocycles. The van der Waals surface area contributed by atoms with Crippen LogP contribution in [-0.4, -0.2) is 46.9 Å². The normalized spacial score (nSPS) is 16.6. The highest BCUT2D eigenvalue weighted by Crippen LogP contribution is 2.29. The highest BCUT2D eigenvalue weighted by Gasteiger charge is 2.22. The first-order valence-corrected chi connectivity index (χ1v) is 8.30. The maximum Gasteiger partial charge on any atom is 0.418 e. The maximum atomic E-state index is 11.8. The zero-order valence-electron chi connectivity index (χ0n) is 12.7. The number of alkyl halides is 1. The molecule has 1 N–H and O–H groups in total. The van der Waals surface area contributed by atoms with Crippen molar-refractivity contribution in [3.8, 4) is 0 Å². The van der Waals surface area contributed by atoms with Crippen LogP contribution >= 0.6 is 35.0 Å². The highest BCUT2D eigenvalue weighted by molar-refractivity contribution is 8.02. The van der Waals surface area contributed by atoms with Crippen LogP contribution in [0.2, 0.25) is 0 Å². The van der Waals surface area contributed by atoms with Crippen LogP contribution in [0.15, 0.2) is 26.7 Å². The second kappa shape index (κ2) is 8.99. The van der Waals surface area contributed by atoms with Gasteiger partial charge in [-0.3, -0.25) is 0 Å². The Morgan fingerprint density at radius 2 is 2.35 bits per heavy atom. The van der Waals surface area contributed by atoms with Gasteiger partial charge < -0.3 is 10.1 Å². The molecule has 0 bridgehead atoms. The van der Waals surface area contributed by atoms with Gasteiger partial charge in [0.05, 0.1) is 0 Å². The number of carbonyl (C=O) groups excluding carboxylic acids is 1. The molecule has 11 heteroatoms. The summed E-state index contributed by atoms with van der Waals surface area (Å²) in [5.74, 6) is 0.369. The number of hydrogen-bond acceptors (Lipinski definition) is 5. The average Bonchev–Trinajstić information content (AvgIpc) is 2.45. The lowest BCUT2D eigenvalue weighted by molar-refractivity contribution is -0.485. The van der Waals surface area contributed by atoms with Crippen LogP contribution in [0, 0.1) is 10.1 Å². The van der Waals surface area contributed by atoms with E-state index in [-0.39, 0.29) is 12.5 Å². The van der Waals surface area contributed by atoms with E-state index in [0.29, 0.717) is 10.8 Å². The average molecular weight is 383 g/mol. The van der Waals surface area contributed by atoms with E-state index in [9.17, 15) is 14.9 Å². The van der Waals surface area contributed by atoms with Gasteiger partial charge in [0, 0.05) is 24.4 Å². The molecule has 0 aromatic rings. The number of amides is 1. The van der Waals surface area contributed by atoms with E-state index in [0.717, 1.165) is 16.0 Å². The van der Waals surface area contributed by atoms with E-state index in [4.69, 9.17) is 27.9 Å². The van der Waals surface area contributed by atoms with Crippen molar-refractivity contribution < 1.29 is 14.6 Å². The number of nitro groups is 1. The lowest BCUT2D eigenvalue weighted by atomic mass is 10.2. The summed E-state index contributed by atoms with van der Waals surface area (Å²) in [7, 11) is 1.29. The molecule has 23 heavy (non-hydrogen) atoms. The SMILES string of the molecule is CC1=CSCC(CNC(=N[N+](=O)[O-])N(C)C(=O)OC(C)Cl)=C1Cl. The van der Waals surface area contributed by atoms with Gasteiger partial charge in [0.1, 0.15) is 5.10 Å². The molecule has 0 saturated carbocycles. The zero-order chi connectivity index (χ0) is 17.6. The number of thioether (sulfide) groups is 1. The quantitative estimate of drug-likeness (QED) is 0.264. The number of nitrogens with zero attached hydrogens (tertiary/aromatic N) is 3. The summed E-state index contributed by atoms with van der Waals surface area (Å²) in [6.07, 6.45) is -0.866. The number of hydrazone groups is 1. The van der Waals surface area contributed by atoms with Crippen molar-refractivity contribution in [1.29, 1.82) is 0 Å². The fourth-order valence-electron chi connectivity index (χ4n) is 1.58. The Labute approximate surface area is 147 Å². The Bertz CT molecular complexity index is 577. The smallest absolute Gasteiger partial charge is 0.418 e. The predicted octanol–water partition coefficient (Wildman–Crippen LogP) is 2.92. The molecule has 8 nitrogen and oxygen atoms in total. The molecule has 1 unspecified atom stereocenters. The molecule has 1 heterocycles. The highest BCUT2D eigenvalue weighted by atomic mass is 35.5. The third-order valence-electron chi connectivity index (χ3n) is 2.67. The molecule has 1 amide bonds. The molecule has 0 aliphatic carbocycles. The minimum absolute atomic E-state index is 0.206. The number of halogens is 2. The Kier molecular flexibility index (Phi) is 7.66. The van der Waals surface area contributed by atoms with Gasteiger partial charge in [-0.25, -0.2) is 19.8 Å². The van der Waals surface area contributed by atoms with Crippen LogP contribution in [0.3, 0.4) is 0 Å². The molecular weight excluding hydrogens is 367 g/mol. The lowest BCUT2D eigenvalue weighted by Crippen LogP contribution is -2.44. The minimum atomic E-state index is -0.910. The van der Waals surface area contributed by atoms with Crippen molar-refractivity contribution in [2.24, 2.45) is 5.10 Å². The monoisotopic (exact) mass is 382 g/mol. The number of carbonyl (C=O) groups is 1. The van der Waals surface area contributed by atoms with Crippen molar-refractivity contribution in [2.75, 3.05) is 19.3 Å². The molecule has 0 aromatic carbocycles. The Morgan fingerprint density at radius 1 is 1.70 bits per heavy atom. The molecule has 0 fully saturated rings. The van der Waals surface area contributed by atoms with Gasteiger partial charge >= 0.3 is 6.09 Å². The summed E-state index contributed by atoms with van der Waals surface area (Å²) < 4.78 is 4.76. The molecular formula is C12H16Cl2N4O4S. The molecule has 0 saturated heterocycles. The fraction of sp³-hybridized carbons (Fsp3) is 0.500. The molecule has 0 spiro atoms. The predicted molar refractivity (Wildman–Crippen MR) is 91.1 cm³/mol. The van der Waals surface area contributed by atoms with Crippen LogP contribution in [0.4, 0.5) is 4.79 Å². The van der Waals surface area contributed by atoms with Gasteiger partial charge in [-0.05, 0) is 30.4 Å². The fourth-order valence-corrected chi connectivity index (χ4v) is 2.89. The van der Waals surface area contributed by atoms with Crippen LogP contribution in [0.25, 0.3) is 0 Å². The molecule has 0 radical (unpaired) electrons. The van der Waals surface area contributed by atoms with Gasteiger partial charge in [-0.15, -0.1) is 11.8 Å². The number of hydrogen-bond donors (Lipinski definition) is 1. The van der Waals surface area contributed by atoms with Crippen LogP contribution in [-0.2, 0) is 4.74 Å². The number of rotatable bonds is 4. The van der Waals surface area contributed by atoms with Crippen LogP contribution in [0.1, 0.15) is 13.8 Å². The number of ether oxygens (including phenoxy) is 1. The third-order valence-corrected chi connectivity index (χ3v) is 4.36. The van der Waals surface area contributed by atoms with E-state index in [1.165, 1.54) is 14.0 Å². The largest absolute Gasteiger partial charge is 0.430 e. The second-order valence-corrected chi connectivity index (χ2v) is 6.38. The summed E-state index contributed by atoms with van der Waals surface area (Å²) in [5.41, 5.74) is 0.887. The van der Waals surface area contributed by atoms with E-state index in [1.54, 1.807) is 11.8 Å². The molecule has 128 valence electrons. The maximum absolute atomic E-state index is 11.8. The van der Waals surface area contributed by atoms with Crippen LogP contribution in [0.5, 0.6) is 0 Å². The van der Waals surface area contributed by atoms with Gasteiger partial charge in [-0.1, -0.05) is 23.2 Å². The second-order valence-electron chi connectivity index (χ2n) is 4.53. The molecule has 1 aliphatic rings. The van der Waals surface area contributed by atoms with E-state index >= 15 is 0 Å². The van der Waals surface area contributed by atoms with Gasteiger partial charge in [0.25, 0.3) is 5.96 Å². The van der Waals surface area contributed by atoms with Crippen molar-refractivity contribution in [3.05, 3.63) is 31.7 Å². The summed E-state index contributed by atoms with van der Waals surface area (Å²) >= 11 is 13.3. The minimum Gasteiger partial charge on any atom is -0.430 e. The molecule has 1 rings (SSSR count). The van der Waals surface area contributed by atoms with Gasteiger partial charge in [0.15, 0.2) is 10.6 Å². The van der Waals surface area contributed by atoms with Crippen molar-refractivity contribution in [3.63, 3.8) is 0 Å². The van der Waals surface area contributed by atoms with Crippen molar-refractivity contribution in [2.45, 2.75) is 19.4 Å². The van der Waals surface area contributed by atoms with E-state index in [1.807, 2.05) is 12.3 Å². The summed E-state index contributed by atoms with van der Waals surface area (Å²) in [4.78, 5) is 23.3. The number of guanidine groups is 1. The summed E-state index contributed by atoms with van der Waals surface area (Å²) in [6.45, 7) is 3.52. The first-order chi connectivity index (χ1) is 10.7. The Balaban J connectivity index is 2.84. The summed E-state index contributed by atoms with van der Waals surface area (Å²) in [6, 6.07) is 0. The van der Waals surface area contributed by atoms with Crippen LogP contribution < -0.4 is 5.32 Å². The van der Waals surface area contributed by atoms with Crippen molar-refractivity contribution in [1.82, 2.24) is 10.2 Å². The molecule has 1 atom stereocenters. The number of nitrogens with one attached hydrogen (secondary N) is 1. The third kappa shape index (κ3) is 6.28. The Hall–Kier alpha value is -1.45. The van der Waals surface area contributed by atoms with E-state index in [2.05, 4.69) is 10.4 Å². The topological polar surface area (TPSA) is 97.1 Å². The Morgan fingerprint density at radius 3 is 2.91 bits per heavy atom. The summed E-state index contributed by atoms with van der Waals surface area (Å²) in [5, 5.41) is 18.2.